The molecule has 0 saturated heterocycles. The van der Waals surface area contributed by atoms with Gasteiger partial charge in [0.2, 0.25) is 0 Å². The van der Waals surface area contributed by atoms with Crippen LogP contribution in [0.2, 0.25) is 0 Å². The summed E-state index contributed by atoms with van der Waals surface area (Å²) in [7, 11) is 0. The molecule has 0 atom stereocenters. The predicted octanol–water partition coefficient (Wildman–Crippen LogP) is 1.83. The van der Waals surface area contributed by atoms with E-state index in [1.807, 2.05) is 6.92 Å². The molecule has 2 rings (SSSR count). The second kappa shape index (κ2) is 10.0. The molecule has 2 aromatic heterocycles. The Labute approximate surface area is 142 Å². The van der Waals surface area contributed by atoms with Crippen LogP contribution in [-0.2, 0) is 6.42 Å². The zero-order valence-electron chi connectivity index (χ0n) is 13.0. The van der Waals surface area contributed by atoms with Crippen LogP contribution in [0, 0.1) is 4.77 Å². The highest BCUT2D eigenvalue weighted by Gasteiger charge is 1.94. The summed E-state index contributed by atoms with van der Waals surface area (Å²) in [4.78, 5) is 40.1. The van der Waals surface area contributed by atoms with E-state index in [4.69, 9.17) is 12.2 Å². The summed E-state index contributed by atoms with van der Waals surface area (Å²) in [6, 6.07) is 2.88. The minimum Gasteiger partial charge on any atom is -0.336 e. The minimum atomic E-state index is -0.360. The van der Waals surface area contributed by atoms with Gasteiger partial charge in [0.15, 0.2) is 4.77 Å². The Bertz CT molecular complexity index is 807. The highest BCUT2D eigenvalue weighted by Crippen LogP contribution is 2.00. The number of nitrogens with zero attached hydrogens (tertiary/aromatic N) is 1. The van der Waals surface area contributed by atoms with E-state index in [1.54, 1.807) is 6.07 Å². The van der Waals surface area contributed by atoms with E-state index < -0.39 is 0 Å². The Morgan fingerprint density at radius 2 is 1.83 bits per heavy atom. The molecule has 2 heterocycles. The number of nitrogens with one attached hydrogen (secondary N) is 3. The predicted molar refractivity (Wildman–Crippen MR) is 95.7 cm³/mol. The molecule has 0 unspecified atom stereocenters. The zero-order valence-corrected chi connectivity index (χ0v) is 14.7. The first-order valence-corrected chi connectivity index (χ1v) is 8.59. The third kappa shape index (κ3) is 7.29. The van der Waals surface area contributed by atoms with Crippen LogP contribution >= 0.6 is 24.2 Å². The summed E-state index contributed by atoms with van der Waals surface area (Å²) in [6.45, 7) is 4.09. The maximum Gasteiger partial charge on any atom is 0.338 e. The second-order valence-corrected chi connectivity index (χ2v) is 6.10. The van der Waals surface area contributed by atoms with Crippen molar-refractivity contribution in [3.05, 3.63) is 60.0 Å². The summed E-state index contributed by atoms with van der Waals surface area (Å²) in [5, 5.41) is 0. The first-order valence-electron chi connectivity index (χ1n) is 7.24. The van der Waals surface area contributed by atoms with Gasteiger partial charge in [-0.25, -0.2) is 8.77 Å². The van der Waals surface area contributed by atoms with Crippen molar-refractivity contribution in [2.24, 2.45) is 0 Å². The third-order valence-corrected chi connectivity index (χ3v) is 3.92. The van der Waals surface area contributed by atoms with Gasteiger partial charge in [0, 0.05) is 29.8 Å². The van der Waals surface area contributed by atoms with Crippen LogP contribution in [-0.4, -0.2) is 24.7 Å². The number of hydrogen-bond donors (Lipinski definition) is 3. The van der Waals surface area contributed by atoms with E-state index in [0.29, 0.717) is 4.77 Å². The molecule has 23 heavy (non-hydrogen) atoms. The molecular formula is C14H20N4O3S2. The van der Waals surface area contributed by atoms with Crippen molar-refractivity contribution in [1.82, 2.24) is 18.9 Å². The van der Waals surface area contributed by atoms with E-state index in [2.05, 4.69) is 21.9 Å². The van der Waals surface area contributed by atoms with Gasteiger partial charge in [-0.1, -0.05) is 20.3 Å². The number of hydrogen-bond acceptors (Lipinski definition) is 5. The Balaban J connectivity index is 0.000000231. The molecule has 0 amide bonds. The van der Waals surface area contributed by atoms with Crippen molar-refractivity contribution in [3.8, 4) is 0 Å². The standard InChI is InChI=1S/C7H10N2O2S.C7H10N2OS/c1-2-5-12-9-4-3-6(10)8-7(9)11;1-2-3-5-4-6(10)9-7(11)8-5/h3-4H,2,5H2,1H3,(H,8,10,11);4H,2-3H2,1H3,(H2,8,9,10,11). The number of aryl methyl sites for hydroxylation is 1. The maximum atomic E-state index is 11.0. The molecule has 0 bridgehead atoms. The molecule has 126 valence electrons. The Morgan fingerprint density at radius 1 is 1.09 bits per heavy atom. The van der Waals surface area contributed by atoms with Crippen molar-refractivity contribution >= 4 is 24.2 Å². The molecule has 0 saturated carbocycles. The minimum absolute atomic E-state index is 0.128. The average Bonchev–Trinajstić information content (AvgIpc) is 2.46. The number of rotatable bonds is 5. The summed E-state index contributed by atoms with van der Waals surface area (Å²) in [5.74, 6) is 0.867. The zero-order chi connectivity index (χ0) is 17.2. The van der Waals surface area contributed by atoms with Crippen LogP contribution in [0.1, 0.15) is 32.4 Å². The fourth-order valence-electron chi connectivity index (χ4n) is 1.62. The van der Waals surface area contributed by atoms with Gasteiger partial charge < -0.3 is 4.98 Å². The number of aromatic nitrogens is 4. The van der Waals surface area contributed by atoms with Crippen LogP contribution in [0.25, 0.3) is 0 Å². The summed E-state index contributed by atoms with van der Waals surface area (Å²) in [6.07, 6.45) is 4.36. The largest absolute Gasteiger partial charge is 0.338 e. The molecule has 0 aliphatic carbocycles. The molecule has 0 aliphatic heterocycles. The summed E-state index contributed by atoms with van der Waals surface area (Å²) >= 11 is 6.18. The van der Waals surface area contributed by atoms with Gasteiger partial charge in [0.25, 0.3) is 11.1 Å². The molecule has 7 nitrogen and oxygen atoms in total. The monoisotopic (exact) mass is 356 g/mol. The van der Waals surface area contributed by atoms with Gasteiger partial charge in [0.1, 0.15) is 0 Å². The van der Waals surface area contributed by atoms with Crippen molar-refractivity contribution in [1.29, 1.82) is 0 Å². The molecule has 9 heteroatoms. The number of H-pyrrole nitrogens is 3. The Hall–Kier alpha value is -1.87. The van der Waals surface area contributed by atoms with Gasteiger partial charge in [-0.05, 0) is 37.0 Å². The molecule has 0 aromatic carbocycles. The smallest absolute Gasteiger partial charge is 0.336 e. The highest BCUT2D eigenvalue weighted by atomic mass is 32.2. The van der Waals surface area contributed by atoms with Gasteiger partial charge in [0.05, 0.1) is 0 Å². The van der Waals surface area contributed by atoms with Crippen LogP contribution in [0.3, 0.4) is 0 Å². The van der Waals surface area contributed by atoms with E-state index in [-0.39, 0.29) is 16.8 Å². The lowest BCUT2D eigenvalue weighted by atomic mass is 10.2. The molecule has 0 radical (unpaired) electrons. The lowest BCUT2D eigenvalue weighted by Gasteiger charge is -1.99. The molecule has 0 fully saturated rings. The quantitative estimate of drug-likeness (QED) is 0.709. The normalized spacial score (nSPS) is 10.0. The molecule has 2 aromatic rings. The molecular weight excluding hydrogens is 336 g/mol. The van der Waals surface area contributed by atoms with Crippen molar-refractivity contribution < 1.29 is 0 Å². The van der Waals surface area contributed by atoms with Crippen molar-refractivity contribution in [3.63, 3.8) is 0 Å². The van der Waals surface area contributed by atoms with Gasteiger partial charge in [-0.15, -0.1) is 0 Å². The van der Waals surface area contributed by atoms with Gasteiger partial charge >= 0.3 is 5.69 Å². The highest BCUT2D eigenvalue weighted by molar-refractivity contribution is 7.97. The maximum absolute atomic E-state index is 11.0. The van der Waals surface area contributed by atoms with E-state index in [9.17, 15) is 14.4 Å². The summed E-state index contributed by atoms with van der Waals surface area (Å²) in [5.41, 5.74) is 0.0627. The van der Waals surface area contributed by atoms with Gasteiger partial charge in [-0.2, -0.15) is 0 Å². The summed E-state index contributed by atoms with van der Waals surface area (Å²) < 4.78 is 1.83. The van der Waals surface area contributed by atoms with Crippen LogP contribution in [0.4, 0.5) is 0 Å². The Morgan fingerprint density at radius 3 is 2.39 bits per heavy atom. The van der Waals surface area contributed by atoms with Crippen molar-refractivity contribution in [2.75, 3.05) is 5.75 Å². The van der Waals surface area contributed by atoms with E-state index in [0.717, 1.165) is 30.7 Å². The molecule has 3 N–H and O–H groups in total. The fraction of sp³-hybridized carbons (Fsp3) is 0.429. The van der Waals surface area contributed by atoms with E-state index in [1.165, 1.54) is 28.2 Å². The second-order valence-electron chi connectivity index (χ2n) is 4.63. The topological polar surface area (TPSA) is 104 Å². The van der Waals surface area contributed by atoms with Crippen LogP contribution < -0.4 is 16.8 Å². The molecule has 0 aliphatic rings. The van der Waals surface area contributed by atoms with E-state index >= 15 is 0 Å². The first-order chi connectivity index (χ1) is 11.0. The Kier molecular flexibility index (Phi) is 8.35. The molecule has 0 spiro atoms. The lowest BCUT2D eigenvalue weighted by molar-refractivity contribution is 0.861. The van der Waals surface area contributed by atoms with Crippen LogP contribution in [0.15, 0.2) is 32.7 Å². The first kappa shape index (κ1) is 19.2. The third-order valence-electron chi connectivity index (χ3n) is 2.56. The van der Waals surface area contributed by atoms with Crippen molar-refractivity contribution in [2.45, 2.75) is 33.1 Å². The SMILES string of the molecule is CCCSn1ccc(=O)[nH]c1=O.CCCc1cc(=O)[nH]c(=S)[nH]1. The average molecular weight is 356 g/mol. The van der Waals surface area contributed by atoms with Crippen LogP contribution in [0.5, 0.6) is 0 Å². The number of aromatic amines is 3. The lowest BCUT2D eigenvalue weighted by Crippen LogP contribution is -2.25. The van der Waals surface area contributed by atoms with Gasteiger partial charge in [-0.3, -0.25) is 19.6 Å². The fourth-order valence-corrected chi connectivity index (χ4v) is 2.54.